The molecule has 0 fully saturated rings. The van der Waals surface area contributed by atoms with Crippen LogP contribution in [0.4, 0.5) is 0 Å². The van der Waals surface area contributed by atoms with E-state index in [1.807, 2.05) is 31.2 Å². The van der Waals surface area contributed by atoms with Crippen molar-refractivity contribution in [1.82, 2.24) is 24.7 Å². The Balaban J connectivity index is 1.73. The standard InChI is InChI=1S/C17H20N6O2/c1-12(13-4-6-14(7-5-13)23-11-18-10-19-23)21(2)17(25)15-8-9-16(24)22(3)20-15/h4-7,10-12H,8-9H2,1-3H3/t12-/m0/s1. The van der Waals surface area contributed by atoms with Gasteiger partial charge in [0.2, 0.25) is 5.91 Å². The van der Waals surface area contributed by atoms with E-state index in [0.717, 1.165) is 11.3 Å². The van der Waals surface area contributed by atoms with Crippen LogP contribution in [0, 0.1) is 0 Å². The third-order valence-corrected chi connectivity index (χ3v) is 4.41. The third kappa shape index (κ3) is 3.42. The predicted octanol–water partition coefficient (Wildman–Crippen LogP) is 1.39. The maximum absolute atomic E-state index is 12.7. The van der Waals surface area contributed by atoms with E-state index < -0.39 is 0 Å². The minimum absolute atomic E-state index is 0.0732. The zero-order valence-corrected chi connectivity index (χ0v) is 14.5. The summed E-state index contributed by atoms with van der Waals surface area (Å²) in [6, 6.07) is 7.67. The second-order valence-corrected chi connectivity index (χ2v) is 5.99. The van der Waals surface area contributed by atoms with Gasteiger partial charge in [0.25, 0.3) is 5.91 Å². The molecule has 8 nitrogen and oxygen atoms in total. The number of benzene rings is 1. The van der Waals surface area contributed by atoms with Crippen LogP contribution in [0.3, 0.4) is 0 Å². The zero-order chi connectivity index (χ0) is 18.0. The molecule has 1 aliphatic rings. The molecule has 0 saturated carbocycles. The molecule has 3 rings (SSSR count). The lowest BCUT2D eigenvalue weighted by atomic mass is 10.1. The average molecular weight is 340 g/mol. The van der Waals surface area contributed by atoms with E-state index in [9.17, 15) is 9.59 Å². The van der Waals surface area contributed by atoms with Gasteiger partial charge in [-0.3, -0.25) is 9.59 Å². The largest absolute Gasteiger partial charge is 0.334 e. The van der Waals surface area contributed by atoms with Gasteiger partial charge >= 0.3 is 0 Å². The smallest absolute Gasteiger partial charge is 0.270 e. The number of aromatic nitrogens is 3. The summed E-state index contributed by atoms with van der Waals surface area (Å²) in [5.74, 6) is -0.233. The van der Waals surface area contributed by atoms with E-state index in [2.05, 4.69) is 15.2 Å². The first-order valence-corrected chi connectivity index (χ1v) is 8.03. The lowest BCUT2D eigenvalue weighted by molar-refractivity contribution is -0.130. The molecule has 1 aromatic heterocycles. The number of hydrogen-bond acceptors (Lipinski definition) is 5. The highest BCUT2D eigenvalue weighted by Crippen LogP contribution is 2.21. The Kier molecular flexibility index (Phi) is 4.60. The summed E-state index contributed by atoms with van der Waals surface area (Å²) < 4.78 is 1.67. The van der Waals surface area contributed by atoms with Crippen LogP contribution >= 0.6 is 0 Å². The molecule has 0 aliphatic carbocycles. The molecule has 2 amide bonds. The summed E-state index contributed by atoms with van der Waals surface area (Å²) >= 11 is 0. The highest BCUT2D eigenvalue weighted by atomic mass is 16.2. The highest BCUT2D eigenvalue weighted by Gasteiger charge is 2.26. The lowest BCUT2D eigenvalue weighted by Gasteiger charge is -2.28. The topological polar surface area (TPSA) is 83.7 Å². The molecular formula is C17H20N6O2. The van der Waals surface area contributed by atoms with Gasteiger partial charge in [0.05, 0.1) is 11.7 Å². The van der Waals surface area contributed by atoms with Crippen molar-refractivity contribution in [3.63, 3.8) is 0 Å². The Labute approximate surface area is 145 Å². The molecule has 0 spiro atoms. The molecule has 1 aliphatic heterocycles. The van der Waals surface area contributed by atoms with Gasteiger partial charge in [0.15, 0.2) is 0 Å². The molecular weight excluding hydrogens is 320 g/mol. The number of carbonyl (C=O) groups is 2. The first kappa shape index (κ1) is 16.8. The van der Waals surface area contributed by atoms with Crippen LogP contribution in [-0.4, -0.2) is 56.3 Å². The summed E-state index contributed by atoms with van der Waals surface area (Å²) in [6.45, 7) is 1.96. The van der Waals surface area contributed by atoms with Gasteiger partial charge in [-0.05, 0) is 24.6 Å². The van der Waals surface area contributed by atoms with E-state index in [1.165, 1.54) is 11.3 Å². The maximum Gasteiger partial charge on any atom is 0.270 e. The fourth-order valence-electron chi connectivity index (χ4n) is 2.67. The van der Waals surface area contributed by atoms with Crippen molar-refractivity contribution in [3.8, 4) is 5.69 Å². The molecule has 8 heteroatoms. The van der Waals surface area contributed by atoms with E-state index >= 15 is 0 Å². The van der Waals surface area contributed by atoms with Gasteiger partial charge in [-0.15, -0.1) is 0 Å². The predicted molar refractivity (Wildman–Crippen MR) is 92.0 cm³/mol. The van der Waals surface area contributed by atoms with Crippen LogP contribution in [0.5, 0.6) is 0 Å². The molecule has 130 valence electrons. The summed E-state index contributed by atoms with van der Waals surface area (Å²) in [4.78, 5) is 29.7. The van der Waals surface area contributed by atoms with Crippen molar-refractivity contribution in [2.45, 2.75) is 25.8 Å². The molecule has 1 aromatic carbocycles. The fraction of sp³-hybridized carbons (Fsp3) is 0.353. The number of amides is 2. The van der Waals surface area contributed by atoms with Crippen molar-refractivity contribution in [1.29, 1.82) is 0 Å². The Morgan fingerprint density at radius 3 is 2.56 bits per heavy atom. The first-order chi connectivity index (χ1) is 12.0. The van der Waals surface area contributed by atoms with Gasteiger partial charge in [0.1, 0.15) is 18.4 Å². The minimum Gasteiger partial charge on any atom is -0.334 e. The molecule has 0 N–H and O–H groups in total. The average Bonchev–Trinajstić information content (AvgIpc) is 3.17. The fourth-order valence-corrected chi connectivity index (χ4v) is 2.67. The van der Waals surface area contributed by atoms with E-state index in [-0.39, 0.29) is 17.9 Å². The van der Waals surface area contributed by atoms with E-state index in [4.69, 9.17) is 0 Å². The van der Waals surface area contributed by atoms with Gasteiger partial charge in [0, 0.05) is 26.9 Å². The summed E-state index contributed by atoms with van der Waals surface area (Å²) in [7, 11) is 3.32. The van der Waals surface area contributed by atoms with Crippen LogP contribution < -0.4 is 0 Å². The molecule has 0 bridgehead atoms. The van der Waals surface area contributed by atoms with Crippen LogP contribution in [0.15, 0.2) is 42.0 Å². The summed E-state index contributed by atoms with van der Waals surface area (Å²) in [5.41, 5.74) is 2.32. The molecule has 0 saturated heterocycles. The molecule has 2 heterocycles. The maximum atomic E-state index is 12.7. The van der Waals surface area contributed by atoms with Crippen molar-refractivity contribution in [2.75, 3.05) is 14.1 Å². The quantitative estimate of drug-likeness (QED) is 0.842. The normalized spacial score (nSPS) is 15.7. The lowest BCUT2D eigenvalue weighted by Crippen LogP contribution is -2.39. The SMILES string of the molecule is C[C@@H](c1ccc(-n2cncn2)cc1)N(C)C(=O)C1=NN(C)C(=O)CC1. The second kappa shape index (κ2) is 6.84. The van der Waals surface area contributed by atoms with Crippen LogP contribution in [0.1, 0.15) is 31.4 Å². The van der Waals surface area contributed by atoms with Gasteiger partial charge in [-0.2, -0.15) is 10.2 Å². The van der Waals surface area contributed by atoms with Crippen molar-refractivity contribution in [2.24, 2.45) is 5.10 Å². The minimum atomic E-state index is -0.160. The number of carbonyl (C=O) groups excluding carboxylic acids is 2. The molecule has 1 atom stereocenters. The van der Waals surface area contributed by atoms with Crippen LogP contribution in [0.2, 0.25) is 0 Å². The Bertz CT molecular complexity index is 797. The Morgan fingerprint density at radius 1 is 1.24 bits per heavy atom. The van der Waals surface area contributed by atoms with Gasteiger partial charge in [-0.1, -0.05) is 12.1 Å². The molecule has 2 aromatic rings. The van der Waals surface area contributed by atoms with Crippen LogP contribution in [0.25, 0.3) is 5.69 Å². The summed E-state index contributed by atoms with van der Waals surface area (Å²) in [5, 5.41) is 9.43. The Morgan fingerprint density at radius 2 is 1.96 bits per heavy atom. The Hall–Kier alpha value is -3.03. The first-order valence-electron chi connectivity index (χ1n) is 8.03. The second-order valence-electron chi connectivity index (χ2n) is 5.99. The van der Waals surface area contributed by atoms with Gasteiger partial charge in [-0.25, -0.2) is 14.7 Å². The number of hydrogen-bond donors (Lipinski definition) is 0. The summed E-state index contributed by atoms with van der Waals surface area (Å²) in [6.07, 6.45) is 3.81. The van der Waals surface area contributed by atoms with Gasteiger partial charge < -0.3 is 4.90 Å². The van der Waals surface area contributed by atoms with E-state index in [0.29, 0.717) is 18.6 Å². The number of nitrogens with zero attached hydrogens (tertiary/aromatic N) is 6. The molecule has 0 unspecified atom stereocenters. The highest BCUT2D eigenvalue weighted by molar-refractivity contribution is 6.39. The number of rotatable bonds is 4. The molecule has 0 radical (unpaired) electrons. The van der Waals surface area contributed by atoms with Crippen molar-refractivity contribution in [3.05, 3.63) is 42.5 Å². The van der Waals surface area contributed by atoms with Crippen molar-refractivity contribution < 1.29 is 9.59 Å². The third-order valence-electron chi connectivity index (χ3n) is 4.41. The monoisotopic (exact) mass is 340 g/mol. The van der Waals surface area contributed by atoms with E-state index in [1.54, 1.807) is 30.0 Å². The van der Waals surface area contributed by atoms with Crippen LogP contribution in [-0.2, 0) is 9.59 Å². The van der Waals surface area contributed by atoms with Crippen molar-refractivity contribution >= 4 is 17.5 Å². The zero-order valence-electron chi connectivity index (χ0n) is 14.5. The molecule has 25 heavy (non-hydrogen) atoms. The number of hydrazone groups is 1.